The van der Waals surface area contributed by atoms with Crippen molar-refractivity contribution >= 4 is 5.78 Å². The lowest BCUT2D eigenvalue weighted by Gasteiger charge is -2.42. The molecule has 0 saturated carbocycles. The summed E-state index contributed by atoms with van der Waals surface area (Å²) in [4.78, 5) is 25.3. The molecule has 1 aliphatic heterocycles. The molecule has 148 valence electrons. The maximum Gasteiger partial charge on any atom is 0.251 e. The molecule has 2 atom stereocenters. The van der Waals surface area contributed by atoms with Gasteiger partial charge in [0.25, 0.3) is 5.56 Å². The molecule has 0 fully saturated rings. The van der Waals surface area contributed by atoms with Gasteiger partial charge in [-0.3, -0.25) is 9.59 Å². The number of hydrogen-bond acceptors (Lipinski definition) is 4. The van der Waals surface area contributed by atoms with Crippen molar-refractivity contribution in [3.05, 3.63) is 99.7 Å². The minimum Gasteiger partial charge on any atom is -0.485 e. The fourth-order valence-electron chi connectivity index (χ4n) is 3.68. The Balaban J connectivity index is 1.88. The monoisotopic (exact) mass is 393 g/mol. The molecule has 29 heavy (non-hydrogen) atoms. The van der Waals surface area contributed by atoms with Crippen molar-refractivity contribution in [2.45, 2.75) is 31.6 Å². The summed E-state index contributed by atoms with van der Waals surface area (Å²) >= 11 is 0. The van der Waals surface area contributed by atoms with Crippen LogP contribution in [0.1, 0.15) is 41.4 Å². The zero-order valence-electron chi connectivity index (χ0n) is 16.0. The van der Waals surface area contributed by atoms with E-state index in [1.807, 2.05) is 0 Å². The van der Waals surface area contributed by atoms with Crippen LogP contribution in [-0.2, 0) is 0 Å². The van der Waals surface area contributed by atoms with Crippen LogP contribution in [0.5, 0.6) is 5.75 Å². The largest absolute Gasteiger partial charge is 0.485 e. The van der Waals surface area contributed by atoms with Crippen LogP contribution in [0.15, 0.2) is 71.7 Å². The molecule has 2 aromatic carbocycles. The molecule has 0 saturated heterocycles. The normalized spacial score (nSPS) is 19.9. The molecule has 0 bridgehead atoms. The van der Waals surface area contributed by atoms with E-state index in [9.17, 15) is 19.1 Å². The highest BCUT2D eigenvalue weighted by molar-refractivity contribution is 6.09. The van der Waals surface area contributed by atoms with Gasteiger partial charge in [0.1, 0.15) is 23.3 Å². The first kappa shape index (κ1) is 19.1. The maximum absolute atomic E-state index is 14.1. The van der Waals surface area contributed by atoms with E-state index in [1.54, 1.807) is 56.4 Å². The zero-order valence-corrected chi connectivity index (χ0v) is 16.0. The van der Waals surface area contributed by atoms with Gasteiger partial charge in [0.05, 0.1) is 11.6 Å². The average Bonchev–Trinajstić information content (AvgIpc) is 2.69. The molecule has 0 amide bonds. The molecule has 1 aliphatic rings. The van der Waals surface area contributed by atoms with Gasteiger partial charge in [-0.2, -0.15) is 0 Å². The van der Waals surface area contributed by atoms with Crippen molar-refractivity contribution in [2.24, 2.45) is 0 Å². The van der Waals surface area contributed by atoms with Gasteiger partial charge in [-0.05, 0) is 50.2 Å². The summed E-state index contributed by atoms with van der Waals surface area (Å²) in [5.74, 6) is -0.626. The van der Waals surface area contributed by atoms with E-state index in [0.29, 0.717) is 11.3 Å². The number of aliphatic hydroxyl groups excluding tert-OH is 1. The predicted octanol–water partition coefficient (Wildman–Crippen LogP) is 3.34. The third-order valence-corrected chi connectivity index (χ3v) is 5.24. The number of rotatable bonds is 3. The van der Waals surface area contributed by atoms with E-state index in [1.165, 1.54) is 28.8 Å². The van der Waals surface area contributed by atoms with Gasteiger partial charge in [-0.25, -0.2) is 4.39 Å². The van der Waals surface area contributed by atoms with Crippen LogP contribution in [0.3, 0.4) is 0 Å². The summed E-state index contributed by atoms with van der Waals surface area (Å²) in [6.07, 6.45) is 0.543. The number of benzene rings is 2. The number of aromatic nitrogens is 1. The number of carbonyl (C=O) groups is 1. The summed E-state index contributed by atoms with van der Waals surface area (Å²) in [7, 11) is 0. The highest BCUT2D eigenvalue weighted by Gasteiger charge is 2.44. The highest BCUT2D eigenvalue weighted by Crippen LogP contribution is 2.42. The molecule has 3 aromatic rings. The number of hydrogen-bond donors (Lipinski definition) is 1. The third-order valence-electron chi connectivity index (χ3n) is 5.24. The predicted molar refractivity (Wildman–Crippen MR) is 106 cm³/mol. The second-order valence-electron chi connectivity index (χ2n) is 7.60. The molecule has 2 heterocycles. The van der Waals surface area contributed by atoms with Crippen molar-refractivity contribution in [3.63, 3.8) is 0 Å². The van der Waals surface area contributed by atoms with Crippen LogP contribution in [0.2, 0.25) is 0 Å². The molecule has 4 rings (SSSR count). The van der Waals surface area contributed by atoms with Gasteiger partial charge in [0.15, 0.2) is 5.78 Å². The van der Waals surface area contributed by atoms with Gasteiger partial charge in [0.2, 0.25) is 0 Å². The van der Waals surface area contributed by atoms with Crippen LogP contribution >= 0.6 is 0 Å². The van der Waals surface area contributed by atoms with Gasteiger partial charge in [0, 0.05) is 23.4 Å². The average molecular weight is 393 g/mol. The summed E-state index contributed by atoms with van der Waals surface area (Å²) in [5, 5.41) is 11.0. The second kappa shape index (κ2) is 6.97. The lowest BCUT2D eigenvalue weighted by Crippen LogP contribution is -2.52. The van der Waals surface area contributed by atoms with Crippen molar-refractivity contribution in [1.82, 2.24) is 4.57 Å². The quantitative estimate of drug-likeness (QED) is 0.693. The van der Waals surface area contributed by atoms with Crippen LogP contribution < -0.4 is 10.3 Å². The van der Waals surface area contributed by atoms with Crippen LogP contribution in [0.4, 0.5) is 4.39 Å². The topological polar surface area (TPSA) is 68.5 Å². The second-order valence-corrected chi connectivity index (χ2v) is 7.60. The number of nitrogens with zero attached hydrogens (tertiary/aromatic N) is 1. The van der Waals surface area contributed by atoms with Gasteiger partial charge >= 0.3 is 0 Å². The summed E-state index contributed by atoms with van der Waals surface area (Å²) < 4.78 is 21.5. The van der Waals surface area contributed by atoms with E-state index in [-0.39, 0.29) is 16.7 Å². The number of carbonyl (C=O) groups excluding carboxylic acids is 1. The van der Waals surface area contributed by atoms with Crippen molar-refractivity contribution in [1.29, 1.82) is 0 Å². The zero-order chi connectivity index (χ0) is 20.8. The van der Waals surface area contributed by atoms with Crippen LogP contribution in [0, 0.1) is 5.82 Å². The van der Waals surface area contributed by atoms with Crippen molar-refractivity contribution in [3.8, 4) is 5.75 Å². The first-order valence-corrected chi connectivity index (χ1v) is 9.27. The number of ether oxygens (including phenoxy) is 1. The standard InChI is InChI=1S/C23H20FNO4/c1-23(2)22(28)20(25-12-6-5-9-19(25)26)16-13-14(10-11-18(16)29-23)21(27)15-7-3-4-8-17(15)24/h3-13,20,22,28H,1-2H3/t20-,22+/m1/s1. The minimum absolute atomic E-state index is 0.0431. The SMILES string of the molecule is CC1(C)Oc2ccc(C(=O)c3ccccc3F)cc2[C@@H](n2ccccc2=O)[C@@H]1O. The molecule has 6 heteroatoms. The van der Waals surface area contributed by atoms with E-state index in [0.717, 1.165) is 0 Å². The Labute approximate surface area is 167 Å². The van der Waals surface area contributed by atoms with Gasteiger partial charge < -0.3 is 14.4 Å². The van der Waals surface area contributed by atoms with E-state index in [2.05, 4.69) is 0 Å². The Kier molecular flexibility index (Phi) is 4.59. The smallest absolute Gasteiger partial charge is 0.251 e. The van der Waals surface area contributed by atoms with E-state index < -0.39 is 29.3 Å². The van der Waals surface area contributed by atoms with E-state index >= 15 is 0 Å². The molecule has 0 spiro atoms. The van der Waals surface area contributed by atoms with E-state index in [4.69, 9.17) is 4.74 Å². The number of halogens is 1. The molecule has 1 N–H and O–H groups in total. The number of fused-ring (bicyclic) bond motifs is 1. The fourth-order valence-corrected chi connectivity index (χ4v) is 3.68. The molecule has 1 aromatic heterocycles. The Bertz CT molecular complexity index is 1150. The Hall–Kier alpha value is -3.25. The molecule has 0 radical (unpaired) electrons. The van der Waals surface area contributed by atoms with Crippen molar-refractivity contribution in [2.75, 3.05) is 0 Å². The third kappa shape index (κ3) is 3.25. The Morgan fingerprint density at radius 2 is 1.83 bits per heavy atom. The van der Waals surface area contributed by atoms with Crippen LogP contribution in [0.25, 0.3) is 0 Å². The molecular weight excluding hydrogens is 373 g/mol. The molecular formula is C23H20FNO4. The first-order valence-electron chi connectivity index (χ1n) is 9.27. The number of pyridine rings is 1. The fraction of sp³-hybridized carbons (Fsp3) is 0.217. The summed E-state index contributed by atoms with van der Waals surface area (Å²) in [6.45, 7) is 3.47. The molecule has 0 unspecified atom stereocenters. The van der Waals surface area contributed by atoms with Crippen molar-refractivity contribution < 1.29 is 19.0 Å². The van der Waals surface area contributed by atoms with Crippen LogP contribution in [-0.4, -0.2) is 27.2 Å². The Morgan fingerprint density at radius 3 is 2.55 bits per heavy atom. The molecule has 5 nitrogen and oxygen atoms in total. The summed E-state index contributed by atoms with van der Waals surface area (Å²) in [6, 6.07) is 14.5. The molecule has 0 aliphatic carbocycles. The Morgan fingerprint density at radius 1 is 1.10 bits per heavy atom. The van der Waals surface area contributed by atoms with Gasteiger partial charge in [-0.1, -0.05) is 18.2 Å². The number of ketones is 1. The number of aliphatic hydroxyl groups is 1. The van der Waals surface area contributed by atoms with Gasteiger partial charge in [-0.15, -0.1) is 0 Å². The lowest BCUT2D eigenvalue weighted by atomic mass is 9.85. The first-order chi connectivity index (χ1) is 13.8. The minimum atomic E-state index is -1.05. The highest BCUT2D eigenvalue weighted by atomic mass is 19.1. The maximum atomic E-state index is 14.1. The summed E-state index contributed by atoms with van der Waals surface area (Å²) in [5.41, 5.74) is -0.542. The lowest BCUT2D eigenvalue weighted by molar-refractivity contribution is -0.0642.